The molecule has 2 N–H and O–H groups in total. The summed E-state index contributed by atoms with van der Waals surface area (Å²) in [6, 6.07) is 0. The summed E-state index contributed by atoms with van der Waals surface area (Å²) in [7, 11) is 3.86. The van der Waals surface area contributed by atoms with Gasteiger partial charge in [-0.1, -0.05) is 0 Å². The van der Waals surface area contributed by atoms with Crippen LogP contribution in [0.3, 0.4) is 0 Å². The van der Waals surface area contributed by atoms with E-state index in [1.165, 1.54) is 0 Å². The monoisotopic (exact) mass is 204 g/mol. The van der Waals surface area contributed by atoms with E-state index >= 15 is 0 Å². The van der Waals surface area contributed by atoms with Gasteiger partial charge in [-0.3, -0.25) is 0 Å². The summed E-state index contributed by atoms with van der Waals surface area (Å²) in [4.78, 5) is 0. The molecular formula is C10H24N2O2. The molecule has 4 heteroatoms. The summed E-state index contributed by atoms with van der Waals surface area (Å²) in [6.07, 6.45) is 2.17. The number of likely N-dealkylation sites (N-methyl/N-ethyl adjacent to an activating group) is 2. The predicted octanol–water partition coefficient (Wildman–Crippen LogP) is 0.239. The maximum Gasteiger partial charge on any atom is 0.0590 e. The van der Waals surface area contributed by atoms with Crippen molar-refractivity contribution in [1.29, 1.82) is 0 Å². The Hall–Kier alpha value is -0.160. The highest BCUT2D eigenvalue weighted by Gasteiger charge is 1.90. The van der Waals surface area contributed by atoms with E-state index in [1.54, 1.807) is 0 Å². The van der Waals surface area contributed by atoms with Crippen molar-refractivity contribution in [2.75, 3.05) is 53.6 Å². The number of ether oxygens (including phenoxy) is 2. The molecule has 0 amide bonds. The summed E-state index contributed by atoms with van der Waals surface area (Å²) in [5.41, 5.74) is 0. The van der Waals surface area contributed by atoms with Crippen molar-refractivity contribution in [3.05, 3.63) is 0 Å². The van der Waals surface area contributed by atoms with E-state index in [4.69, 9.17) is 9.47 Å². The average Bonchev–Trinajstić information content (AvgIpc) is 2.21. The van der Waals surface area contributed by atoms with Gasteiger partial charge in [0.2, 0.25) is 0 Å². The highest BCUT2D eigenvalue weighted by atomic mass is 16.5. The van der Waals surface area contributed by atoms with E-state index in [1.807, 2.05) is 14.1 Å². The Kier molecular flexibility index (Phi) is 12.7. The summed E-state index contributed by atoms with van der Waals surface area (Å²) < 4.78 is 10.7. The molecule has 0 saturated carbocycles. The molecule has 0 aromatic heterocycles. The molecular weight excluding hydrogens is 180 g/mol. The predicted molar refractivity (Wildman–Crippen MR) is 58.7 cm³/mol. The first-order valence-electron chi connectivity index (χ1n) is 5.36. The highest BCUT2D eigenvalue weighted by molar-refractivity contribution is 4.41. The zero-order chi connectivity index (χ0) is 10.5. The molecule has 0 saturated heterocycles. The van der Waals surface area contributed by atoms with Crippen LogP contribution in [0.15, 0.2) is 0 Å². The van der Waals surface area contributed by atoms with Gasteiger partial charge in [-0.05, 0) is 26.9 Å². The topological polar surface area (TPSA) is 42.5 Å². The van der Waals surface area contributed by atoms with Crippen LogP contribution in [0.5, 0.6) is 0 Å². The number of unbranched alkanes of at least 4 members (excludes halogenated alkanes) is 1. The lowest BCUT2D eigenvalue weighted by Crippen LogP contribution is -2.15. The normalized spacial score (nSPS) is 10.7. The number of rotatable bonds is 11. The van der Waals surface area contributed by atoms with Crippen LogP contribution >= 0.6 is 0 Å². The van der Waals surface area contributed by atoms with Gasteiger partial charge in [-0.25, -0.2) is 0 Å². The fourth-order valence-electron chi connectivity index (χ4n) is 0.961. The third-order valence-corrected chi connectivity index (χ3v) is 1.82. The minimum absolute atomic E-state index is 0.803. The van der Waals surface area contributed by atoms with Crippen molar-refractivity contribution in [1.82, 2.24) is 10.6 Å². The van der Waals surface area contributed by atoms with E-state index < -0.39 is 0 Å². The fraction of sp³-hybridized carbons (Fsp3) is 1.00. The van der Waals surface area contributed by atoms with Crippen molar-refractivity contribution >= 4 is 0 Å². The van der Waals surface area contributed by atoms with Gasteiger partial charge >= 0.3 is 0 Å². The second-order valence-corrected chi connectivity index (χ2v) is 3.14. The van der Waals surface area contributed by atoms with E-state index in [-0.39, 0.29) is 0 Å². The van der Waals surface area contributed by atoms with Crippen molar-refractivity contribution in [3.8, 4) is 0 Å². The molecule has 0 heterocycles. The molecule has 0 spiro atoms. The quantitative estimate of drug-likeness (QED) is 0.473. The van der Waals surface area contributed by atoms with Crippen LogP contribution in [0.2, 0.25) is 0 Å². The zero-order valence-electron chi connectivity index (χ0n) is 9.47. The van der Waals surface area contributed by atoms with E-state index in [9.17, 15) is 0 Å². The Morgan fingerprint density at radius 1 is 0.714 bits per heavy atom. The number of hydrogen-bond donors (Lipinski definition) is 2. The minimum Gasteiger partial charge on any atom is -0.380 e. The van der Waals surface area contributed by atoms with Crippen LogP contribution in [0, 0.1) is 0 Å². The molecule has 0 aliphatic carbocycles. The van der Waals surface area contributed by atoms with Gasteiger partial charge in [0.1, 0.15) is 0 Å². The first kappa shape index (κ1) is 13.8. The van der Waals surface area contributed by atoms with Crippen LogP contribution in [0.1, 0.15) is 12.8 Å². The molecule has 0 fully saturated rings. The van der Waals surface area contributed by atoms with Crippen LogP contribution in [0.25, 0.3) is 0 Å². The third-order valence-electron chi connectivity index (χ3n) is 1.82. The van der Waals surface area contributed by atoms with E-state index in [2.05, 4.69) is 10.6 Å². The van der Waals surface area contributed by atoms with Crippen LogP contribution < -0.4 is 10.6 Å². The Balaban J connectivity index is 2.78. The lowest BCUT2D eigenvalue weighted by molar-refractivity contribution is 0.106. The van der Waals surface area contributed by atoms with E-state index in [0.29, 0.717) is 0 Å². The van der Waals surface area contributed by atoms with Crippen LogP contribution in [-0.4, -0.2) is 53.6 Å². The number of hydrogen-bond acceptors (Lipinski definition) is 4. The molecule has 0 atom stereocenters. The fourth-order valence-corrected chi connectivity index (χ4v) is 0.961. The molecule has 0 aliphatic rings. The Bertz CT molecular complexity index is 90.1. The summed E-state index contributed by atoms with van der Waals surface area (Å²) in [6.45, 7) is 5.15. The summed E-state index contributed by atoms with van der Waals surface area (Å²) in [5, 5.41) is 6.07. The molecule has 0 aromatic carbocycles. The number of nitrogens with one attached hydrogen (secondary N) is 2. The average molecular weight is 204 g/mol. The molecule has 14 heavy (non-hydrogen) atoms. The molecule has 0 aliphatic heterocycles. The maximum absolute atomic E-state index is 5.37. The lowest BCUT2D eigenvalue weighted by atomic mass is 10.3. The second kappa shape index (κ2) is 12.8. The van der Waals surface area contributed by atoms with Crippen molar-refractivity contribution in [3.63, 3.8) is 0 Å². The zero-order valence-corrected chi connectivity index (χ0v) is 9.47. The van der Waals surface area contributed by atoms with Gasteiger partial charge in [-0.2, -0.15) is 0 Å². The van der Waals surface area contributed by atoms with Gasteiger partial charge in [0, 0.05) is 26.3 Å². The Labute approximate surface area is 87.4 Å². The van der Waals surface area contributed by atoms with E-state index in [0.717, 1.165) is 52.4 Å². The summed E-state index contributed by atoms with van der Waals surface area (Å²) >= 11 is 0. The molecule has 0 radical (unpaired) electrons. The smallest absolute Gasteiger partial charge is 0.0590 e. The molecule has 0 rings (SSSR count). The van der Waals surface area contributed by atoms with Gasteiger partial charge in [0.25, 0.3) is 0 Å². The highest BCUT2D eigenvalue weighted by Crippen LogP contribution is 1.90. The standard InChI is InChI=1S/C10H24N2O2/c1-11-5-9-13-7-3-4-8-14-10-6-12-2/h11-12H,3-10H2,1-2H3. The van der Waals surface area contributed by atoms with Gasteiger partial charge in [0.15, 0.2) is 0 Å². The molecule has 4 nitrogen and oxygen atoms in total. The van der Waals surface area contributed by atoms with Crippen molar-refractivity contribution in [2.45, 2.75) is 12.8 Å². The maximum atomic E-state index is 5.37. The first-order valence-corrected chi connectivity index (χ1v) is 5.36. The lowest BCUT2D eigenvalue weighted by Gasteiger charge is -2.04. The second-order valence-electron chi connectivity index (χ2n) is 3.14. The Morgan fingerprint density at radius 3 is 1.50 bits per heavy atom. The van der Waals surface area contributed by atoms with Gasteiger partial charge in [-0.15, -0.1) is 0 Å². The van der Waals surface area contributed by atoms with Crippen molar-refractivity contribution in [2.24, 2.45) is 0 Å². The van der Waals surface area contributed by atoms with Crippen LogP contribution in [-0.2, 0) is 9.47 Å². The first-order chi connectivity index (χ1) is 6.91. The van der Waals surface area contributed by atoms with Crippen LogP contribution in [0.4, 0.5) is 0 Å². The minimum atomic E-state index is 0.803. The molecule has 86 valence electrons. The molecule has 0 aromatic rings. The largest absolute Gasteiger partial charge is 0.380 e. The SMILES string of the molecule is CNCCOCCCCOCCNC. The molecule has 0 unspecified atom stereocenters. The Morgan fingerprint density at radius 2 is 1.14 bits per heavy atom. The van der Waals surface area contributed by atoms with Gasteiger partial charge in [0.05, 0.1) is 13.2 Å². The summed E-state index contributed by atoms with van der Waals surface area (Å²) in [5.74, 6) is 0. The third kappa shape index (κ3) is 11.8. The van der Waals surface area contributed by atoms with Crippen molar-refractivity contribution < 1.29 is 9.47 Å². The van der Waals surface area contributed by atoms with Gasteiger partial charge < -0.3 is 20.1 Å². The molecule has 0 bridgehead atoms.